The second-order valence-corrected chi connectivity index (χ2v) is 4.10. The molecule has 72 valence electrons. The Balaban J connectivity index is 3.02. The second-order valence-electron chi connectivity index (χ2n) is 4.10. The fraction of sp³-hybridized carbons (Fsp3) is 0.455. The molecule has 0 fully saturated rings. The largest absolute Gasteiger partial charge is 0.508 e. The van der Waals surface area contributed by atoms with Crippen LogP contribution in [0.15, 0.2) is 24.3 Å². The lowest BCUT2D eigenvalue weighted by Gasteiger charge is -2.27. The third kappa shape index (κ3) is 2.22. The Labute approximate surface area is 79.4 Å². The van der Waals surface area contributed by atoms with Gasteiger partial charge in [-0.1, -0.05) is 25.1 Å². The lowest BCUT2D eigenvalue weighted by Crippen LogP contribution is -2.37. The van der Waals surface area contributed by atoms with Crippen LogP contribution in [0.25, 0.3) is 0 Å². The Hall–Kier alpha value is -1.02. The summed E-state index contributed by atoms with van der Waals surface area (Å²) in [6.45, 7) is 5.95. The first kappa shape index (κ1) is 10.1. The number of aromatic hydroxyl groups is 1. The molecule has 0 radical (unpaired) electrons. The molecule has 0 aliphatic heterocycles. The van der Waals surface area contributed by atoms with Gasteiger partial charge in [0.05, 0.1) is 0 Å². The zero-order valence-corrected chi connectivity index (χ0v) is 8.41. The summed E-state index contributed by atoms with van der Waals surface area (Å²) >= 11 is 0. The van der Waals surface area contributed by atoms with Crippen LogP contribution < -0.4 is 5.73 Å². The van der Waals surface area contributed by atoms with Crippen LogP contribution in [0.2, 0.25) is 0 Å². The molecule has 0 aliphatic rings. The van der Waals surface area contributed by atoms with Crippen LogP contribution in [0, 0.1) is 0 Å². The molecule has 2 nitrogen and oxygen atoms in total. The molecular formula is C11H17NO. The van der Waals surface area contributed by atoms with Gasteiger partial charge in [-0.15, -0.1) is 0 Å². The normalized spacial score (nSPS) is 14.2. The summed E-state index contributed by atoms with van der Waals surface area (Å²) in [4.78, 5) is 0. The lowest BCUT2D eigenvalue weighted by atomic mass is 9.84. The predicted molar refractivity (Wildman–Crippen MR) is 54.8 cm³/mol. The van der Waals surface area contributed by atoms with Crippen LogP contribution >= 0.6 is 0 Å². The van der Waals surface area contributed by atoms with Crippen molar-refractivity contribution in [1.29, 1.82) is 0 Å². The van der Waals surface area contributed by atoms with Crippen molar-refractivity contribution in [3.05, 3.63) is 29.8 Å². The van der Waals surface area contributed by atoms with Crippen molar-refractivity contribution in [2.24, 2.45) is 5.73 Å². The molecule has 1 unspecified atom stereocenters. The molecule has 1 rings (SSSR count). The Morgan fingerprint density at radius 1 is 1.31 bits per heavy atom. The number of phenolic OH excluding ortho intramolecular Hbond substituents is 1. The van der Waals surface area contributed by atoms with Gasteiger partial charge in [-0.2, -0.15) is 0 Å². The molecular weight excluding hydrogens is 162 g/mol. The van der Waals surface area contributed by atoms with E-state index in [4.69, 9.17) is 5.73 Å². The molecule has 0 heterocycles. The maximum Gasteiger partial charge on any atom is 0.119 e. The van der Waals surface area contributed by atoms with Crippen LogP contribution in [0.5, 0.6) is 5.75 Å². The predicted octanol–water partition coefficient (Wildman–Crippen LogP) is 2.23. The van der Waals surface area contributed by atoms with E-state index in [0.717, 1.165) is 5.56 Å². The molecule has 0 aliphatic carbocycles. The minimum Gasteiger partial charge on any atom is -0.508 e. The highest BCUT2D eigenvalue weighted by Crippen LogP contribution is 2.31. The fourth-order valence-electron chi connectivity index (χ4n) is 1.25. The first-order valence-corrected chi connectivity index (χ1v) is 4.49. The molecule has 0 saturated heterocycles. The first-order chi connectivity index (χ1) is 5.93. The van der Waals surface area contributed by atoms with E-state index in [0.29, 0.717) is 5.75 Å². The van der Waals surface area contributed by atoms with Crippen molar-refractivity contribution < 1.29 is 5.11 Å². The Morgan fingerprint density at radius 2 is 1.85 bits per heavy atom. The molecule has 1 aromatic carbocycles. The van der Waals surface area contributed by atoms with Gasteiger partial charge in [0, 0.05) is 11.5 Å². The fourth-order valence-corrected chi connectivity index (χ4v) is 1.25. The van der Waals surface area contributed by atoms with Gasteiger partial charge >= 0.3 is 0 Å². The molecule has 1 aromatic rings. The molecule has 0 saturated carbocycles. The van der Waals surface area contributed by atoms with E-state index in [2.05, 4.69) is 0 Å². The molecule has 13 heavy (non-hydrogen) atoms. The average Bonchev–Trinajstić information content (AvgIpc) is 2.02. The summed E-state index contributed by atoms with van der Waals surface area (Å²) in [5.41, 5.74) is 6.57. The number of hydrogen-bond acceptors (Lipinski definition) is 2. The molecule has 0 spiro atoms. The minimum atomic E-state index is -0.307. The van der Waals surface area contributed by atoms with Crippen LogP contribution in [0.3, 0.4) is 0 Å². The van der Waals surface area contributed by atoms with Gasteiger partial charge in [0.1, 0.15) is 5.75 Å². The Kier molecular flexibility index (Phi) is 2.62. The van der Waals surface area contributed by atoms with Gasteiger partial charge in [0.15, 0.2) is 0 Å². The Bertz CT molecular complexity index is 288. The molecule has 0 amide bonds. The van der Waals surface area contributed by atoms with Crippen molar-refractivity contribution in [3.63, 3.8) is 0 Å². The smallest absolute Gasteiger partial charge is 0.119 e. The SMILES string of the molecule is CC(c1ccccc1O)C(C)(C)N. The zero-order valence-electron chi connectivity index (χ0n) is 8.41. The van der Waals surface area contributed by atoms with Crippen LogP contribution in [-0.2, 0) is 0 Å². The van der Waals surface area contributed by atoms with E-state index in [1.807, 2.05) is 39.0 Å². The number of nitrogens with two attached hydrogens (primary N) is 1. The highest BCUT2D eigenvalue weighted by atomic mass is 16.3. The van der Waals surface area contributed by atoms with Gasteiger partial charge in [-0.3, -0.25) is 0 Å². The van der Waals surface area contributed by atoms with Crippen LogP contribution in [0.4, 0.5) is 0 Å². The second kappa shape index (κ2) is 3.38. The maximum absolute atomic E-state index is 9.59. The Morgan fingerprint density at radius 3 is 2.31 bits per heavy atom. The minimum absolute atomic E-state index is 0.147. The van der Waals surface area contributed by atoms with Crippen molar-refractivity contribution in [2.45, 2.75) is 32.2 Å². The van der Waals surface area contributed by atoms with Gasteiger partial charge in [0.2, 0.25) is 0 Å². The summed E-state index contributed by atoms with van der Waals surface area (Å²) in [5, 5.41) is 9.59. The van der Waals surface area contributed by atoms with Gasteiger partial charge < -0.3 is 10.8 Å². The molecule has 1 atom stereocenters. The monoisotopic (exact) mass is 179 g/mol. The van der Waals surface area contributed by atoms with Gasteiger partial charge in [-0.05, 0) is 25.5 Å². The van der Waals surface area contributed by atoms with Crippen molar-refractivity contribution >= 4 is 0 Å². The van der Waals surface area contributed by atoms with Crippen LogP contribution in [-0.4, -0.2) is 10.6 Å². The molecule has 2 heteroatoms. The molecule has 0 aromatic heterocycles. The third-order valence-corrected chi connectivity index (χ3v) is 2.52. The van der Waals surface area contributed by atoms with E-state index in [9.17, 15) is 5.11 Å². The maximum atomic E-state index is 9.59. The summed E-state index contributed by atoms with van der Waals surface area (Å²) in [7, 11) is 0. The van der Waals surface area contributed by atoms with E-state index in [1.165, 1.54) is 0 Å². The first-order valence-electron chi connectivity index (χ1n) is 4.49. The number of para-hydroxylation sites is 1. The summed E-state index contributed by atoms with van der Waals surface area (Å²) in [5.74, 6) is 0.474. The topological polar surface area (TPSA) is 46.2 Å². The number of phenols is 1. The van der Waals surface area contributed by atoms with Gasteiger partial charge in [-0.25, -0.2) is 0 Å². The third-order valence-electron chi connectivity index (χ3n) is 2.52. The summed E-state index contributed by atoms with van der Waals surface area (Å²) in [6, 6.07) is 7.33. The number of hydrogen-bond donors (Lipinski definition) is 2. The number of rotatable bonds is 2. The highest BCUT2D eigenvalue weighted by Gasteiger charge is 2.23. The van der Waals surface area contributed by atoms with Crippen molar-refractivity contribution in [1.82, 2.24) is 0 Å². The van der Waals surface area contributed by atoms with Crippen molar-refractivity contribution in [3.8, 4) is 5.75 Å². The average molecular weight is 179 g/mol. The van der Waals surface area contributed by atoms with Gasteiger partial charge in [0.25, 0.3) is 0 Å². The standard InChI is InChI=1S/C11H17NO/c1-8(11(2,3)12)9-6-4-5-7-10(9)13/h4-8,13H,12H2,1-3H3. The van der Waals surface area contributed by atoms with E-state index >= 15 is 0 Å². The van der Waals surface area contributed by atoms with E-state index in [-0.39, 0.29) is 11.5 Å². The summed E-state index contributed by atoms with van der Waals surface area (Å²) < 4.78 is 0. The van der Waals surface area contributed by atoms with E-state index < -0.39 is 0 Å². The zero-order chi connectivity index (χ0) is 10.1. The summed E-state index contributed by atoms with van der Waals surface area (Å²) in [6.07, 6.45) is 0. The quantitative estimate of drug-likeness (QED) is 0.731. The highest BCUT2D eigenvalue weighted by molar-refractivity contribution is 5.36. The molecule has 0 bridgehead atoms. The van der Waals surface area contributed by atoms with Crippen LogP contribution in [0.1, 0.15) is 32.3 Å². The number of benzene rings is 1. The van der Waals surface area contributed by atoms with Crippen molar-refractivity contribution in [2.75, 3.05) is 0 Å². The molecule has 3 N–H and O–H groups in total. The lowest BCUT2D eigenvalue weighted by molar-refractivity contribution is 0.407. The van der Waals surface area contributed by atoms with E-state index in [1.54, 1.807) is 6.07 Å².